The third-order valence-electron chi connectivity index (χ3n) is 17.7. The third kappa shape index (κ3) is 14.5. The zero-order valence-corrected chi connectivity index (χ0v) is 45.9. The lowest BCUT2D eigenvalue weighted by atomic mass is 9.66. The van der Waals surface area contributed by atoms with E-state index in [4.69, 9.17) is 21.1 Å². The Morgan fingerprint density at radius 2 is 0.987 bits per heavy atom. The molecule has 6 aromatic rings. The Labute approximate surface area is 458 Å². The molecule has 0 unspecified atom stereocenters. The molecule has 2 aliphatic heterocycles. The molecule has 2 saturated heterocycles. The van der Waals surface area contributed by atoms with Gasteiger partial charge in [0.2, 0.25) is 0 Å². The molecule has 0 bridgehead atoms. The number of halogens is 1. The largest absolute Gasteiger partial charge is 0.445 e. The minimum absolute atomic E-state index is 0.139. The maximum atomic E-state index is 12.9. The van der Waals surface area contributed by atoms with E-state index in [-0.39, 0.29) is 35.1 Å². The summed E-state index contributed by atoms with van der Waals surface area (Å²) in [6.45, 7) is 7.64. The Hall–Kier alpha value is -5.94. The van der Waals surface area contributed by atoms with E-state index in [9.17, 15) is 9.59 Å². The van der Waals surface area contributed by atoms with Crippen molar-refractivity contribution in [1.29, 1.82) is 0 Å². The molecule has 1 aromatic heterocycles. The number of hydrogen-bond acceptors (Lipinski definition) is 7. The predicted molar refractivity (Wildman–Crippen MR) is 307 cm³/mol. The Balaban J connectivity index is 0.000000195. The molecule has 4 fully saturated rings. The first-order valence-electron chi connectivity index (χ1n) is 28.4. The Morgan fingerprint density at radius 1 is 0.566 bits per heavy atom. The molecule has 2 amide bonds. The minimum atomic E-state index is -0.230. The summed E-state index contributed by atoms with van der Waals surface area (Å²) < 4.78 is 11.2. The van der Waals surface area contributed by atoms with Crippen molar-refractivity contribution in [2.45, 2.75) is 138 Å². The van der Waals surface area contributed by atoms with Crippen LogP contribution in [-0.4, -0.2) is 107 Å². The Bertz CT molecular complexity index is 2660. The van der Waals surface area contributed by atoms with Crippen LogP contribution in [0.5, 0.6) is 0 Å². The van der Waals surface area contributed by atoms with E-state index in [0.29, 0.717) is 19.1 Å². The minimum Gasteiger partial charge on any atom is -0.445 e. The standard InChI is InChI=1S/C37H43ClN4O2.C28H38N2O2/c1-41(36(43)44-27-28-8-4-2-5-9-28)33-16-20-37(21-17-33,31-10-6-3-7-11-31)22-25-42-23-18-30(19-24-42)35-26-34(39-40-35)29-12-14-32(38)15-13-29;1-29(27(31)32-23-24-11-5-2-6-12-24)26-15-17-28(18-16-26,25-13-7-3-8-14-25)19-22-30-20-9-4-10-21-30/h2-15,26,30,33H,16-25,27H2,1H3,(H,39,40);2-3,5-8,11-14,26H,4,9-10,15-23H2,1H3. The molecule has 10 nitrogen and oxygen atoms in total. The summed E-state index contributed by atoms with van der Waals surface area (Å²) in [4.78, 5) is 34.5. The van der Waals surface area contributed by atoms with Crippen LogP contribution in [0.1, 0.15) is 130 Å². The highest BCUT2D eigenvalue weighted by atomic mass is 35.5. The van der Waals surface area contributed by atoms with E-state index < -0.39 is 0 Å². The van der Waals surface area contributed by atoms with Gasteiger partial charge < -0.3 is 29.1 Å². The second-order valence-corrected chi connectivity index (χ2v) is 22.7. The van der Waals surface area contributed by atoms with Crippen molar-refractivity contribution >= 4 is 23.8 Å². The third-order valence-corrected chi connectivity index (χ3v) is 18.0. The number of rotatable bonds is 16. The van der Waals surface area contributed by atoms with E-state index in [1.165, 1.54) is 62.1 Å². The summed E-state index contributed by atoms with van der Waals surface area (Å²) in [6.07, 6.45) is 16.7. The van der Waals surface area contributed by atoms with Gasteiger partial charge in [0.1, 0.15) is 13.2 Å². The second kappa shape index (κ2) is 26.9. The van der Waals surface area contributed by atoms with Crippen molar-refractivity contribution in [2.24, 2.45) is 0 Å². The number of piperidine rings is 2. The number of carbonyl (C=O) groups is 2. The summed E-state index contributed by atoms with van der Waals surface area (Å²) in [5.41, 5.74) is 8.63. The van der Waals surface area contributed by atoms with Crippen molar-refractivity contribution in [2.75, 3.05) is 53.4 Å². The number of aromatic nitrogens is 2. The van der Waals surface area contributed by atoms with E-state index in [0.717, 1.165) is 118 Å². The number of likely N-dealkylation sites (tertiary alicyclic amines) is 2. The van der Waals surface area contributed by atoms with Crippen LogP contribution >= 0.6 is 11.6 Å². The summed E-state index contributed by atoms with van der Waals surface area (Å²) >= 11 is 6.07. The summed E-state index contributed by atoms with van der Waals surface area (Å²) in [5, 5.41) is 8.64. The molecule has 0 atom stereocenters. The van der Waals surface area contributed by atoms with Gasteiger partial charge >= 0.3 is 12.2 Å². The van der Waals surface area contributed by atoms with Gasteiger partial charge in [0.25, 0.3) is 0 Å². The maximum absolute atomic E-state index is 12.9. The van der Waals surface area contributed by atoms with Gasteiger partial charge in [-0.3, -0.25) is 5.10 Å². The molecular formula is C65H81ClN6O4. The number of H-pyrrole nitrogens is 1. The number of nitrogens with one attached hydrogen (secondary N) is 1. The monoisotopic (exact) mass is 1040 g/mol. The smallest absolute Gasteiger partial charge is 0.410 e. The number of nitrogens with zero attached hydrogens (tertiary/aromatic N) is 5. The van der Waals surface area contributed by atoms with Gasteiger partial charge in [-0.1, -0.05) is 151 Å². The van der Waals surface area contributed by atoms with Crippen LogP contribution in [0.15, 0.2) is 152 Å². The Kier molecular flexibility index (Phi) is 19.4. The maximum Gasteiger partial charge on any atom is 0.410 e. The van der Waals surface area contributed by atoms with E-state index in [1.807, 2.05) is 109 Å². The van der Waals surface area contributed by atoms with Crippen molar-refractivity contribution in [1.82, 2.24) is 29.8 Å². The first kappa shape index (κ1) is 54.8. The summed E-state index contributed by atoms with van der Waals surface area (Å²) in [6, 6.07) is 52.5. The lowest BCUT2D eigenvalue weighted by Gasteiger charge is -2.44. The lowest BCUT2D eigenvalue weighted by molar-refractivity contribution is 0.0727. The quantitative estimate of drug-likeness (QED) is 0.103. The molecule has 402 valence electrons. The predicted octanol–water partition coefficient (Wildman–Crippen LogP) is 14.5. The van der Waals surface area contributed by atoms with Gasteiger partial charge in [-0.25, -0.2) is 9.59 Å². The van der Waals surface area contributed by atoms with Gasteiger partial charge in [-0.05, 0) is 180 Å². The zero-order valence-electron chi connectivity index (χ0n) is 45.2. The van der Waals surface area contributed by atoms with Gasteiger partial charge in [-0.15, -0.1) is 0 Å². The number of carbonyl (C=O) groups excluding carboxylic acids is 2. The molecule has 3 heterocycles. The number of hydrogen-bond donors (Lipinski definition) is 1. The fourth-order valence-electron chi connectivity index (χ4n) is 12.7. The van der Waals surface area contributed by atoms with Crippen molar-refractivity contribution < 1.29 is 19.1 Å². The topological polar surface area (TPSA) is 94.2 Å². The highest BCUT2D eigenvalue weighted by Gasteiger charge is 2.41. The van der Waals surface area contributed by atoms with Crippen LogP contribution in [0.25, 0.3) is 11.3 Å². The Morgan fingerprint density at radius 3 is 1.43 bits per heavy atom. The van der Waals surface area contributed by atoms with Crippen molar-refractivity contribution in [3.8, 4) is 11.3 Å². The molecule has 11 heteroatoms. The average Bonchev–Trinajstić information content (AvgIpc) is 4.00. The molecule has 76 heavy (non-hydrogen) atoms. The SMILES string of the molecule is CN(C(=O)OCc1ccccc1)C1CCC(CCN2CCC(c3cc(-c4ccc(Cl)cc4)n[nH]3)CC2)(c2ccccc2)CC1.CN(C(=O)OCc1ccccc1)C1CCC(CCN2CCCCC2)(c2ccccc2)CC1. The molecule has 5 aromatic carbocycles. The van der Waals surface area contributed by atoms with Gasteiger partial charge in [0.15, 0.2) is 0 Å². The second-order valence-electron chi connectivity index (χ2n) is 22.3. The molecule has 0 spiro atoms. The van der Waals surface area contributed by atoms with E-state index in [2.05, 4.69) is 86.7 Å². The summed E-state index contributed by atoms with van der Waals surface area (Å²) in [5.74, 6) is 0.510. The molecule has 2 aliphatic carbocycles. The van der Waals surface area contributed by atoms with E-state index in [1.54, 1.807) is 0 Å². The molecule has 0 radical (unpaired) electrons. The number of aromatic amines is 1. The van der Waals surface area contributed by atoms with Crippen molar-refractivity contribution in [3.63, 3.8) is 0 Å². The van der Waals surface area contributed by atoms with Gasteiger partial charge in [0, 0.05) is 48.4 Å². The fourth-order valence-corrected chi connectivity index (χ4v) is 12.8. The number of benzene rings is 5. The van der Waals surface area contributed by atoms with Crippen LogP contribution in [0.2, 0.25) is 5.02 Å². The summed E-state index contributed by atoms with van der Waals surface area (Å²) in [7, 11) is 3.80. The van der Waals surface area contributed by atoms with Crippen LogP contribution in [-0.2, 0) is 33.5 Å². The number of amides is 2. The number of ether oxygens (including phenoxy) is 2. The molecule has 10 rings (SSSR count). The lowest BCUT2D eigenvalue weighted by Crippen LogP contribution is -2.45. The highest BCUT2D eigenvalue weighted by Crippen LogP contribution is 2.45. The normalized spacial score (nSPS) is 22.4. The first-order valence-corrected chi connectivity index (χ1v) is 28.8. The van der Waals surface area contributed by atoms with Crippen LogP contribution in [0.3, 0.4) is 0 Å². The van der Waals surface area contributed by atoms with Gasteiger partial charge in [-0.2, -0.15) is 5.10 Å². The molecule has 4 aliphatic rings. The van der Waals surface area contributed by atoms with Crippen LogP contribution in [0, 0.1) is 0 Å². The molecular weight excluding hydrogens is 964 g/mol. The molecule has 2 saturated carbocycles. The average molecular weight is 1050 g/mol. The van der Waals surface area contributed by atoms with Crippen LogP contribution < -0.4 is 0 Å². The van der Waals surface area contributed by atoms with Gasteiger partial charge in [0.05, 0.1) is 5.69 Å². The van der Waals surface area contributed by atoms with Crippen molar-refractivity contribution in [3.05, 3.63) is 185 Å². The fraction of sp³-hybridized carbons (Fsp3) is 0.462. The first-order chi connectivity index (χ1) is 37.1. The molecule has 1 N–H and O–H groups in total. The zero-order chi connectivity index (χ0) is 52.6. The van der Waals surface area contributed by atoms with E-state index >= 15 is 0 Å². The highest BCUT2D eigenvalue weighted by molar-refractivity contribution is 6.30. The van der Waals surface area contributed by atoms with Crippen LogP contribution in [0.4, 0.5) is 9.59 Å².